The topological polar surface area (TPSA) is 28.2 Å². The van der Waals surface area contributed by atoms with Gasteiger partial charge in [-0.15, -0.1) is 0 Å². The highest BCUT2D eigenvalue weighted by atomic mass is 19.3. The van der Waals surface area contributed by atoms with E-state index in [0.29, 0.717) is 0 Å². The quantitative estimate of drug-likeness (QED) is 0.865. The van der Waals surface area contributed by atoms with Gasteiger partial charge in [0.2, 0.25) is 0 Å². The largest absolute Gasteiger partial charge is 0.314 e. The maximum atomic E-state index is 12.5. The van der Waals surface area contributed by atoms with Gasteiger partial charge in [-0.2, -0.15) is 0 Å². The van der Waals surface area contributed by atoms with Gasteiger partial charge in [0.15, 0.2) is 0 Å². The fourth-order valence-electron chi connectivity index (χ4n) is 1.97. The van der Waals surface area contributed by atoms with Gasteiger partial charge >= 0.3 is 0 Å². The van der Waals surface area contributed by atoms with Crippen molar-refractivity contribution in [1.82, 2.24) is 15.2 Å². The molecule has 94 valence electrons. The number of hydrogen-bond donors (Lipinski definition) is 1. The second-order valence-electron chi connectivity index (χ2n) is 4.20. The lowest BCUT2D eigenvalue weighted by Crippen LogP contribution is -2.44. The van der Waals surface area contributed by atoms with Crippen LogP contribution in [0.2, 0.25) is 0 Å². The van der Waals surface area contributed by atoms with Crippen molar-refractivity contribution in [2.45, 2.75) is 12.8 Å². The van der Waals surface area contributed by atoms with Crippen molar-refractivity contribution in [2.24, 2.45) is 0 Å². The first-order valence-electron chi connectivity index (χ1n) is 5.93. The number of piperazine rings is 1. The van der Waals surface area contributed by atoms with E-state index >= 15 is 0 Å². The Morgan fingerprint density at radius 1 is 1.29 bits per heavy atom. The second-order valence-corrected chi connectivity index (χ2v) is 4.20. The molecule has 0 unspecified atom stereocenters. The first kappa shape index (κ1) is 12.4. The molecule has 0 saturated carbocycles. The third-order valence-electron chi connectivity index (χ3n) is 2.95. The van der Waals surface area contributed by atoms with E-state index < -0.39 is 6.43 Å². The summed E-state index contributed by atoms with van der Waals surface area (Å²) in [5.41, 5.74) is 0.629. The first-order chi connectivity index (χ1) is 8.25. The highest BCUT2D eigenvalue weighted by Crippen LogP contribution is 2.16. The number of aromatic nitrogens is 1. The van der Waals surface area contributed by atoms with E-state index in [-0.39, 0.29) is 5.69 Å². The summed E-state index contributed by atoms with van der Waals surface area (Å²) in [6, 6.07) is 4.84. The zero-order valence-corrected chi connectivity index (χ0v) is 9.70. The van der Waals surface area contributed by atoms with Crippen LogP contribution in [0.3, 0.4) is 0 Å². The fourth-order valence-corrected chi connectivity index (χ4v) is 1.97. The molecule has 0 amide bonds. The minimum Gasteiger partial charge on any atom is -0.314 e. The highest BCUT2D eigenvalue weighted by molar-refractivity contribution is 5.12. The molecule has 1 saturated heterocycles. The monoisotopic (exact) mass is 241 g/mol. The molecule has 5 heteroatoms. The van der Waals surface area contributed by atoms with Crippen LogP contribution in [0.5, 0.6) is 0 Å². The molecule has 1 fully saturated rings. The molecule has 1 N–H and O–H groups in total. The predicted octanol–water partition coefficient (Wildman–Crippen LogP) is 1.47. The highest BCUT2D eigenvalue weighted by Gasteiger charge is 2.11. The number of rotatable bonds is 4. The molecule has 0 aliphatic carbocycles. The van der Waals surface area contributed by atoms with E-state index in [1.165, 1.54) is 6.07 Å². The van der Waals surface area contributed by atoms with Gasteiger partial charge in [0.05, 0.1) is 0 Å². The summed E-state index contributed by atoms with van der Waals surface area (Å²) in [4.78, 5) is 6.29. The molecule has 0 aromatic carbocycles. The van der Waals surface area contributed by atoms with E-state index in [1.54, 1.807) is 6.07 Å². The SMILES string of the molecule is FC(F)c1cccc(CCN2CCNCC2)n1. The van der Waals surface area contributed by atoms with Gasteiger partial charge in [-0.1, -0.05) is 6.07 Å². The molecule has 0 spiro atoms. The Hall–Kier alpha value is -1.07. The zero-order chi connectivity index (χ0) is 12.1. The fraction of sp³-hybridized carbons (Fsp3) is 0.583. The number of pyridine rings is 1. The molecule has 0 atom stereocenters. The van der Waals surface area contributed by atoms with E-state index in [0.717, 1.165) is 44.8 Å². The Bertz CT molecular complexity index is 351. The molecule has 2 rings (SSSR count). The summed E-state index contributed by atoms with van der Waals surface area (Å²) in [6.07, 6.45) is -1.74. The van der Waals surface area contributed by atoms with E-state index in [2.05, 4.69) is 15.2 Å². The number of nitrogens with one attached hydrogen (secondary N) is 1. The van der Waals surface area contributed by atoms with Crippen LogP contribution in [0.1, 0.15) is 17.8 Å². The van der Waals surface area contributed by atoms with Crippen molar-refractivity contribution >= 4 is 0 Å². The van der Waals surface area contributed by atoms with Crippen LogP contribution < -0.4 is 5.32 Å². The molecule has 1 aliphatic heterocycles. The minimum absolute atomic E-state index is 0.122. The summed E-state index contributed by atoms with van der Waals surface area (Å²) in [5, 5.41) is 3.28. The van der Waals surface area contributed by atoms with Crippen LogP contribution in [-0.4, -0.2) is 42.6 Å². The Balaban J connectivity index is 1.87. The van der Waals surface area contributed by atoms with Crippen LogP contribution in [-0.2, 0) is 6.42 Å². The van der Waals surface area contributed by atoms with Crippen molar-refractivity contribution < 1.29 is 8.78 Å². The summed E-state index contributed by atoms with van der Waals surface area (Å²) in [6.45, 7) is 4.94. The predicted molar refractivity (Wildman–Crippen MR) is 62.2 cm³/mol. The first-order valence-corrected chi connectivity index (χ1v) is 5.93. The van der Waals surface area contributed by atoms with E-state index in [4.69, 9.17) is 0 Å². The molecular formula is C12H17F2N3. The van der Waals surface area contributed by atoms with Gasteiger partial charge in [0, 0.05) is 44.8 Å². The van der Waals surface area contributed by atoms with Crippen LogP contribution in [0.25, 0.3) is 0 Å². The normalized spacial score (nSPS) is 17.6. The summed E-state index contributed by atoms with van der Waals surface area (Å²) >= 11 is 0. The van der Waals surface area contributed by atoms with Gasteiger partial charge in [-0.05, 0) is 12.1 Å². The zero-order valence-electron chi connectivity index (χ0n) is 9.70. The third kappa shape index (κ3) is 3.71. The van der Waals surface area contributed by atoms with Crippen molar-refractivity contribution in [1.29, 1.82) is 0 Å². The van der Waals surface area contributed by atoms with Crippen LogP contribution in [0, 0.1) is 0 Å². The Morgan fingerprint density at radius 3 is 2.76 bits per heavy atom. The number of alkyl halides is 2. The van der Waals surface area contributed by atoms with E-state index in [1.807, 2.05) is 6.07 Å². The second kappa shape index (κ2) is 6.02. The summed E-state index contributed by atoms with van der Waals surface area (Å²) in [7, 11) is 0. The Kier molecular flexibility index (Phi) is 4.39. The maximum absolute atomic E-state index is 12.5. The van der Waals surface area contributed by atoms with Crippen LogP contribution in [0.15, 0.2) is 18.2 Å². The van der Waals surface area contributed by atoms with Gasteiger partial charge in [0.25, 0.3) is 6.43 Å². The average molecular weight is 241 g/mol. The van der Waals surface area contributed by atoms with Gasteiger partial charge in [-0.3, -0.25) is 4.98 Å². The van der Waals surface area contributed by atoms with Gasteiger partial charge in [0.1, 0.15) is 5.69 Å². The maximum Gasteiger partial charge on any atom is 0.280 e. The molecular weight excluding hydrogens is 224 g/mol. The lowest BCUT2D eigenvalue weighted by molar-refractivity contribution is 0.145. The lowest BCUT2D eigenvalue weighted by atomic mass is 10.2. The van der Waals surface area contributed by atoms with Crippen molar-refractivity contribution in [3.05, 3.63) is 29.6 Å². The number of nitrogens with zero attached hydrogens (tertiary/aromatic N) is 2. The molecule has 3 nitrogen and oxygen atoms in total. The molecule has 1 aliphatic rings. The van der Waals surface area contributed by atoms with E-state index in [9.17, 15) is 8.78 Å². The van der Waals surface area contributed by atoms with Gasteiger partial charge < -0.3 is 10.2 Å². The molecule has 0 bridgehead atoms. The van der Waals surface area contributed by atoms with Crippen LogP contribution in [0.4, 0.5) is 8.78 Å². The standard InChI is InChI=1S/C12H17F2N3/c13-12(14)11-3-1-2-10(16-11)4-7-17-8-5-15-6-9-17/h1-3,12,15H,4-9H2. The molecule has 0 radical (unpaired) electrons. The Labute approximate surface area is 99.8 Å². The minimum atomic E-state index is -2.48. The van der Waals surface area contributed by atoms with Crippen molar-refractivity contribution in [2.75, 3.05) is 32.7 Å². The van der Waals surface area contributed by atoms with Gasteiger partial charge in [-0.25, -0.2) is 8.78 Å². The molecule has 2 heterocycles. The third-order valence-corrected chi connectivity index (χ3v) is 2.95. The number of hydrogen-bond acceptors (Lipinski definition) is 3. The summed E-state index contributed by atoms with van der Waals surface area (Å²) in [5.74, 6) is 0. The van der Waals surface area contributed by atoms with Crippen molar-refractivity contribution in [3.8, 4) is 0 Å². The Morgan fingerprint density at radius 2 is 2.06 bits per heavy atom. The summed E-state index contributed by atoms with van der Waals surface area (Å²) < 4.78 is 24.9. The van der Waals surface area contributed by atoms with Crippen LogP contribution >= 0.6 is 0 Å². The average Bonchev–Trinajstić information content (AvgIpc) is 2.38. The van der Waals surface area contributed by atoms with Crippen molar-refractivity contribution in [3.63, 3.8) is 0 Å². The smallest absolute Gasteiger partial charge is 0.280 e. The lowest BCUT2D eigenvalue weighted by Gasteiger charge is -2.26. The molecule has 17 heavy (non-hydrogen) atoms. The number of halogens is 2. The molecule has 1 aromatic heterocycles. The molecule has 1 aromatic rings.